The van der Waals surface area contributed by atoms with Crippen molar-refractivity contribution >= 4 is 0 Å². The van der Waals surface area contributed by atoms with E-state index >= 15 is 0 Å². The van der Waals surface area contributed by atoms with Gasteiger partial charge in [0, 0.05) is 38.8 Å². The Balaban J connectivity index is 1.85. The summed E-state index contributed by atoms with van der Waals surface area (Å²) >= 11 is 0. The number of hydrogen-bond donors (Lipinski definition) is 1. The predicted octanol–water partition coefficient (Wildman–Crippen LogP) is 1.51. The molecule has 4 heteroatoms. The largest absolute Gasteiger partial charge is 0.492 e. The van der Waals surface area contributed by atoms with Crippen molar-refractivity contribution in [1.29, 1.82) is 0 Å². The van der Waals surface area contributed by atoms with Gasteiger partial charge in [-0.05, 0) is 38.9 Å². The average molecular weight is 291 g/mol. The molecule has 0 radical (unpaired) electrons. The minimum absolute atomic E-state index is 0.159. The molecule has 1 fully saturated rings. The van der Waals surface area contributed by atoms with E-state index in [-0.39, 0.29) is 6.04 Å². The van der Waals surface area contributed by atoms with Crippen LogP contribution >= 0.6 is 0 Å². The first-order valence-electron chi connectivity index (χ1n) is 7.93. The van der Waals surface area contributed by atoms with E-state index in [4.69, 9.17) is 10.5 Å². The van der Waals surface area contributed by atoms with Crippen LogP contribution in [0.15, 0.2) is 18.2 Å². The van der Waals surface area contributed by atoms with Gasteiger partial charge in [0.15, 0.2) is 0 Å². The molecule has 0 saturated carbocycles. The van der Waals surface area contributed by atoms with Gasteiger partial charge in [0.2, 0.25) is 0 Å². The highest BCUT2D eigenvalue weighted by atomic mass is 16.5. The Hall–Kier alpha value is -1.10. The Morgan fingerprint density at radius 1 is 1.24 bits per heavy atom. The molecule has 1 saturated heterocycles. The topological polar surface area (TPSA) is 41.7 Å². The van der Waals surface area contributed by atoms with E-state index in [2.05, 4.69) is 42.0 Å². The van der Waals surface area contributed by atoms with Crippen LogP contribution in [0.1, 0.15) is 18.1 Å². The van der Waals surface area contributed by atoms with Gasteiger partial charge in [-0.15, -0.1) is 0 Å². The minimum Gasteiger partial charge on any atom is -0.492 e. The molecule has 21 heavy (non-hydrogen) atoms. The summed E-state index contributed by atoms with van der Waals surface area (Å²) < 4.78 is 6.01. The van der Waals surface area contributed by atoms with Crippen LogP contribution in [0.4, 0.5) is 0 Å². The van der Waals surface area contributed by atoms with E-state index in [9.17, 15) is 0 Å². The Kier molecular flexibility index (Phi) is 6.03. The van der Waals surface area contributed by atoms with E-state index in [0.29, 0.717) is 0 Å². The lowest BCUT2D eigenvalue weighted by molar-refractivity contribution is 0.133. The minimum atomic E-state index is 0.159. The Bertz CT molecular complexity index is 440. The Labute approximate surface area is 128 Å². The normalized spacial score (nSPS) is 18.7. The number of piperazine rings is 1. The van der Waals surface area contributed by atoms with Gasteiger partial charge in [0.05, 0.1) is 0 Å². The van der Waals surface area contributed by atoms with Crippen LogP contribution in [0.3, 0.4) is 0 Å². The van der Waals surface area contributed by atoms with Crippen LogP contribution in [0.5, 0.6) is 5.75 Å². The second kappa shape index (κ2) is 7.78. The zero-order chi connectivity index (χ0) is 15.2. The number of rotatable bonds is 6. The maximum Gasteiger partial charge on any atom is 0.122 e. The van der Waals surface area contributed by atoms with Crippen molar-refractivity contribution in [2.75, 3.05) is 46.4 Å². The highest BCUT2D eigenvalue weighted by Gasteiger charge is 2.13. The van der Waals surface area contributed by atoms with E-state index in [1.165, 1.54) is 11.1 Å². The van der Waals surface area contributed by atoms with Crippen molar-refractivity contribution in [1.82, 2.24) is 9.80 Å². The van der Waals surface area contributed by atoms with Gasteiger partial charge in [0.25, 0.3) is 0 Å². The lowest BCUT2D eigenvalue weighted by atomic mass is 10.0. The molecule has 1 unspecified atom stereocenters. The quantitative estimate of drug-likeness (QED) is 0.863. The number of nitrogens with two attached hydrogens (primary N) is 1. The van der Waals surface area contributed by atoms with Crippen LogP contribution in [0.25, 0.3) is 0 Å². The first-order valence-corrected chi connectivity index (χ1v) is 7.93. The van der Waals surface area contributed by atoms with Crippen LogP contribution in [0.2, 0.25) is 0 Å². The van der Waals surface area contributed by atoms with Crippen molar-refractivity contribution in [3.8, 4) is 5.75 Å². The number of hydrogen-bond acceptors (Lipinski definition) is 4. The second-order valence-electron chi connectivity index (χ2n) is 6.29. The highest BCUT2D eigenvalue weighted by molar-refractivity contribution is 5.37. The first-order chi connectivity index (χ1) is 10.0. The third kappa shape index (κ3) is 5.30. The van der Waals surface area contributed by atoms with Gasteiger partial charge in [-0.1, -0.05) is 17.7 Å². The van der Waals surface area contributed by atoms with Crippen molar-refractivity contribution in [2.24, 2.45) is 5.73 Å². The molecular weight excluding hydrogens is 262 g/mol. The third-order valence-corrected chi connectivity index (χ3v) is 4.02. The molecule has 1 heterocycles. The van der Waals surface area contributed by atoms with E-state index in [0.717, 1.165) is 51.5 Å². The SMILES string of the molecule is Cc1ccc(OCCN2CCN(C)CC2)c(CC(C)N)c1. The van der Waals surface area contributed by atoms with Gasteiger partial charge < -0.3 is 15.4 Å². The summed E-state index contributed by atoms with van der Waals surface area (Å²) in [4.78, 5) is 4.84. The molecule has 2 rings (SSSR count). The molecule has 2 N–H and O–H groups in total. The molecule has 0 spiro atoms. The maximum absolute atomic E-state index is 6.01. The molecule has 1 aromatic rings. The fraction of sp³-hybridized carbons (Fsp3) is 0.647. The Morgan fingerprint density at radius 3 is 2.62 bits per heavy atom. The summed E-state index contributed by atoms with van der Waals surface area (Å²) in [6, 6.07) is 6.54. The summed E-state index contributed by atoms with van der Waals surface area (Å²) in [5.74, 6) is 0.993. The summed E-state index contributed by atoms with van der Waals surface area (Å²) in [5, 5.41) is 0. The molecular formula is C17H29N3O. The van der Waals surface area contributed by atoms with Crippen LogP contribution in [0, 0.1) is 6.92 Å². The standard InChI is InChI=1S/C17H29N3O/c1-14-4-5-17(16(12-14)13-15(2)18)21-11-10-20-8-6-19(3)7-9-20/h4-5,12,15H,6-11,13,18H2,1-3H3. The fourth-order valence-electron chi connectivity index (χ4n) is 2.71. The number of benzene rings is 1. The fourth-order valence-corrected chi connectivity index (χ4v) is 2.71. The summed E-state index contributed by atoms with van der Waals surface area (Å²) in [6.07, 6.45) is 0.867. The van der Waals surface area contributed by atoms with Crippen molar-refractivity contribution < 1.29 is 4.74 Å². The third-order valence-electron chi connectivity index (χ3n) is 4.02. The Morgan fingerprint density at radius 2 is 1.95 bits per heavy atom. The van der Waals surface area contributed by atoms with Gasteiger partial charge in [0.1, 0.15) is 12.4 Å². The van der Waals surface area contributed by atoms with E-state index in [1.54, 1.807) is 0 Å². The second-order valence-corrected chi connectivity index (χ2v) is 6.29. The molecule has 4 nitrogen and oxygen atoms in total. The number of nitrogens with zero attached hydrogens (tertiary/aromatic N) is 2. The first kappa shape index (κ1) is 16.3. The number of likely N-dealkylation sites (N-methyl/N-ethyl adjacent to an activating group) is 1. The molecule has 0 bridgehead atoms. The van der Waals surface area contributed by atoms with E-state index in [1.807, 2.05) is 6.92 Å². The summed E-state index contributed by atoms with van der Waals surface area (Å²) in [7, 11) is 2.18. The number of aryl methyl sites for hydroxylation is 1. The molecule has 1 aromatic carbocycles. The highest BCUT2D eigenvalue weighted by Crippen LogP contribution is 2.21. The maximum atomic E-state index is 6.01. The van der Waals surface area contributed by atoms with Crippen molar-refractivity contribution in [3.63, 3.8) is 0 Å². The van der Waals surface area contributed by atoms with Gasteiger partial charge >= 0.3 is 0 Å². The van der Waals surface area contributed by atoms with E-state index < -0.39 is 0 Å². The number of ether oxygens (including phenoxy) is 1. The molecule has 0 aromatic heterocycles. The zero-order valence-corrected chi connectivity index (χ0v) is 13.6. The predicted molar refractivity (Wildman–Crippen MR) is 88.0 cm³/mol. The zero-order valence-electron chi connectivity index (χ0n) is 13.6. The molecule has 118 valence electrons. The van der Waals surface area contributed by atoms with Crippen molar-refractivity contribution in [2.45, 2.75) is 26.3 Å². The molecule has 1 atom stereocenters. The molecule has 1 aliphatic rings. The van der Waals surface area contributed by atoms with Gasteiger partial charge in [-0.2, -0.15) is 0 Å². The van der Waals surface area contributed by atoms with Crippen LogP contribution in [-0.4, -0.2) is 62.2 Å². The lowest BCUT2D eigenvalue weighted by Gasteiger charge is -2.32. The van der Waals surface area contributed by atoms with Crippen molar-refractivity contribution in [3.05, 3.63) is 29.3 Å². The summed E-state index contributed by atoms with van der Waals surface area (Å²) in [6.45, 7) is 10.5. The van der Waals surface area contributed by atoms with Gasteiger partial charge in [-0.3, -0.25) is 4.90 Å². The molecule has 0 amide bonds. The lowest BCUT2D eigenvalue weighted by Crippen LogP contribution is -2.45. The van der Waals surface area contributed by atoms with Crippen LogP contribution < -0.4 is 10.5 Å². The smallest absolute Gasteiger partial charge is 0.122 e. The van der Waals surface area contributed by atoms with Gasteiger partial charge in [-0.25, -0.2) is 0 Å². The monoisotopic (exact) mass is 291 g/mol. The average Bonchev–Trinajstić information content (AvgIpc) is 2.43. The molecule has 0 aliphatic carbocycles. The molecule has 1 aliphatic heterocycles. The van der Waals surface area contributed by atoms with Crippen LogP contribution in [-0.2, 0) is 6.42 Å². The summed E-state index contributed by atoms with van der Waals surface area (Å²) in [5.41, 5.74) is 8.42.